The van der Waals surface area contributed by atoms with Crippen LogP contribution in [0.25, 0.3) is 0 Å². The second-order valence-corrected chi connectivity index (χ2v) is 8.19. The van der Waals surface area contributed by atoms with E-state index in [0.717, 1.165) is 12.8 Å². The highest BCUT2D eigenvalue weighted by Gasteiger charge is 2.28. The summed E-state index contributed by atoms with van der Waals surface area (Å²) in [5, 5.41) is 28.7. The summed E-state index contributed by atoms with van der Waals surface area (Å²) in [5.41, 5.74) is -0.471. The van der Waals surface area contributed by atoms with Crippen LogP contribution in [0.4, 0.5) is 11.5 Å². The number of nitrogens with one attached hydrogen (secondary N) is 5. The van der Waals surface area contributed by atoms with Gasteiger partial charge in [-0.15, -0.1) is 0 Å². The van der Waals surface area contributed by atoms with Gasteiger partial charge < -0.3 is 26.4 Å². The summed E-state index contributed by atoms with van der Waals surface area (Å²) in [7, 11) is 1.57. The molecule has 1 saturated carbocycles. The van der Waals surface area contributed by atoms with Gasteiger partial charge >= 0.3 is 0 Å². The van der Waals surface area contributed by atoms with E-state index in [1.807, 2.05) is 0 Å². The second kappa shape index (κ2) is 10.1. The van der Waals surface area contributed by atoms with Gasteiger partial charge in [0, 0.05) is 25.7 Å². The van der Waals surface area contributed by atoms with Crippen LogP contribution in [0.3, 0.4) is 0 Å². The fourth-order valence-electron chi connectivity index (χ4n) is 2.73. The van der Waals surface area contributed by atoms with Gasteiger partial charge in [0.25, 0.3) is 11.8 Å². The van der Waals surface area contributed by atoms with Gasteiger partial charge in [0.2, 0.25) is 0 Å². The van der Waals surface area contributed by atoms with Crippen LogP contribution in [0, 0.1) is 5.41 Å². The van der Waals surface area contributed by atoms with E-state index in [2.05, 4.69) is 41.2 Å². The Bertz CT molecular complexity index is 1060. The smallest absolute Gasteiger partial charge is 0.278 e. The molecule has 0 aliphatic heterocycles. The number of aliphatic hydroxyl groups is 1. The molecule has 0 radical (unpaired) electrons. The molecule has 0 saturated heterocycles. The zero-order chi connectivity index (χ0) is 24.0. The first kappa shape index (κ1) is 23.7. The predicted octanol–water partition coefficient (Wildman–Crippen LogP) is 0.585. The maximum Gasteiger partial charge on any atom is 0.278 e. The average molecular weight is 454 g/mol. The summed E-state index contributed by atoms with van der Waals surface area (Å²) in [6.45, 7) is 3.00. The molecule has 174 valence electrons. The molecule has 0 spiro atoms. The zero-order valence-electron chi connectivity index (χ0n) is 18.6. The molecule has 33 heavy (non-hydrogen) atoms. The first-order valence-corrected chi connectivity index (χ1v) is 10.3. The van der Waals surface area contributed by atoms with E-state index in [-0.39, 0.29) is 29.7 Å². The van der Waals surface area contributed by atoms with Crippen LogP contribution in [-0.4, -0.2) is 61.8 Å². The fraction of sp³-hybridized carbons (Fsp3) is 0.381. The quantitative estimate of drug-likeness (QED) is 0.281. The van der Waals surface area contributed by atoms with Gasteiger partial charge in [-0.2, -0.15) is 0 Å². The van der Waals surface area contributed by atoms with E-state index < -0.39 is 23.1 Å². The number of rotatable bonds is 10. The van der Waals surface area contributed by atoms with Crippen molar-refractivity contribution in [2.45, 2.75) is 38.2 Å². The molecular formula is C21H27N9O3. The normalized spacial score (nSPS) is 13.8. The molecule has 2 aromatic rings. The molecule has 0 aromatic carbocycles. The Morgan fingerprint density at radius 1 is 1.24 bits per heavy atom. The Kier molecular flexibility index (Phi) is 7.28. The number of carbonyl (C=O) groups is 2. The number of amides is 2. The third-order valence-corrected chi connectivity index (χ3v) is 4.54. The van der Waals surface area contributed by atoms with Crippen LogP contribution < -0.4 is 21.3 Å². The largest absolute Gasteiger partial charge is 0.392 e. The molecule has 2 amide bonds. The SMILES string of the molecule is CN/C=C(/NC(=O)c1nc(C2CC2)cnc1Nc1cncnc1)C(=N)C(=O)NCC(C)(C)O. The average Bonchev–Trinajstić information content (AvgIpc) is 3.62. The Morgan fingerprint density at radius 2 is 1.94 bits per heavy atom. The number of anilines is 2. The summed E-state index contributed by atoms with van der Waals surface area (Å²) in [6, 6.07) is 0. The first-order chi connectivity index (χ1) is 15.7. The van der Waals surface area contributed by atoms with Crippen molar-refractivity contribution in [2.75, 3.05) is 18.9 Å². The third kappa shape index (κ3) is 6.77. The molecule has 0 atom stereocenters. The minimum absolute atomic E-state index is 0.00922. The molecule has 12 heteroatoms. The molecule has 6 N–H and O–H groups in total. The topological polar surface area (TPSA) is 178 Å². The number of nitrogens with zero attached hydrogens (tertiary/aromatic N) is 4. The van der Waals surface area contributed by atoms with Crippen molar-refractivity contribution in [2.24, 2.45) is 0 Å². The molecule has 1 aliphatic carbocycles. The number of carbonyl (C=O) groups excluding carboxylic acids is 2. The lowest BCUT2D eigenvalue weighted by molar-refractivity contribution is -0.115. The van der Waals surface area contributed by atoms with Crippen LogP contribution in [-0.2, 0) is 4.79 Å². The Balaban J connectivity index is 1.82. The lowest BCUT2D eigenvalue weighted by Gasteiger charge is -2.18. The molecule has 12 nitrogen and oxygen atoms in total. The van der Waals surface area contributed by atoms with Gasteiger partial charge in [0.1, 0.15) is 12.0 Å². The van der Waals surface area contributed by atoms with E-state index in [0.29, 0.717) is 11.4 Å². The van der Waals surface area contributed by atoms with Gasteiger partial charge in [-0.05, 0) is 26.7 Å². The fourth-order valence-corrected chi connectivity index (χ4v) is 2.73. The summed E-state index contributed by atoms with van der Waals surface area (Å²) in [5.74, 6) is -0.952. The number of hydrogen-bond donors (Lipinski definition) is 6. The molecule has 2 aromatic heterocycles. The lowest BCUT2D eigenvalue weighted by atomic mass is 10.1. The van der Waals surface area contributed by atoms with Crippen LogP contribution in [0.15, 0.2) is 36.8 Å². The van der Waals surface area contributed by atoms with Gasteiger partial charge in [-0.3, -0.25) is 15.0 Å². The van der Waals surface area contributed by atoms with Crippen molar-refractivity contribution in [1.29, 1.82) is 5.41 Å². The Labute approximate surface area is 190 Å². The first-order valence-electron chi connectivity index (χ1n) is 10.3. The van der Waals surface area contributed by atoms with E-state index in [1.54, 1.807) is 13.2 Å². The van der Waals surface area contributed by atoms with E-state index in [1.165, 1.54) is 38.8 Å². The maximum absolute atomic E-state index is 13.2. The molecule has 0 unspecified atom stereocenters. The van der Waals surface area contributed by atoms with Gasteiger partial charge in [-0.1, -0.05) is 0 Å². The molecule has 0 bridgehead atoms. The molecular weight excluding hydrogens is 426 g/mol. The number of hydrogen-bond acceptors (Lipinski definition) is 10. The van der Waals surface area contributed by atoms with Crippen molar-refractivity contribution in [1.82, 2.24) is 35.9 Å². The van der Waals surface area contributed by atoms with Crippen molar-refractivity contribution in [3.05, 3.63) is 48.2 Å². The van der Waals surface area contributed by atoms with Gasteiger partial charge in [0.15, 0.2) is 11.5 Å². The molecule has 1 aliphatic rings. The highest BCUT2D eigenvalue weighted by molar-refractivity contribution is 6.44. The van der Waals surface area contributed by atoms with Crippen LogP contribution in [0.1, 0.15) is 48.8 Å². The third-order valence-electron chi connectivity index (χ3n) is 4.54. The van der Waals surface area contributed by atoms with E-state index in [4.69, 9.17) is 5.41 Å². The molecule has 1 fully saturated rings. The van der Waals surface area contributed by atoms with E-state index >= 15 is 0 Å². The van der Waals surface area contributed by atoms with Crippen molar-refractivity contribution < 1.29 is 14.7 Å². The number of aromatic nitrogens is 4. The highest BCUT2D eigenvalue weighted by atomic mass is 16.3. The summed E-state index contributed by atoms with van der Waals surface area (Å²) >= 11 is 0. The van der Waals surface area contributed by atoms with Crippen molar-refractivity contribution in [3.8, 4) is 0 Å². The maximum atomic E-state index is 13.2. The minimum atomic E-state index is -1.15. The minimum Gasteiger partial charge on any atom is -0.392 e. The van der Waals surface area contributed by atoms with Crippen LogP contribution in [0.5, 0.6) is 0 Å². The zero-order valence-corrected chi connectivity index (χ0v) is 18.6. The molecule has 3 rings (SSSR count). The lowest BCUT2D eigenvalue weighted by Crippen LogP contribution is -2.43. The second-order valence-electron chi connectivity index (χ2n) is 8.19. The van der Waals surface area contributed by atoms with Crippen LogP contribution in [0.2, 0.25) is 0 Å². The summed E-state index contributed by atoms with van der Waals surface area (Å²) in [4.78, 5) is 42.2. The van der Waals surface area contributed by atoms with Gasteiger partial charge in [0.05, 0.1) is 41.3 Å². The standard InChI is InChI=1S/C21H27N9O3/c1-21(2,33)10-27-19(31)16(22)15(8-23-3)30-20(32)17-18(28-13-6-24-11-25-7-13)26-9-14(29-17)12-4-5-12/h6-9,11-12,22-23,33H,4-5,10H2,1-3H3,(H,26,28)(H,27,31)(H,30,32)/b15-8+,22-16?. The van der Waals surface area contributed by atoms with Gasteiger partial charge in [-0.25, -0.2) is 19.9 Å². The molecule has 2 heterocycles. The van der Waals surface area contributed by atoms with Crippen LogP contribution >= 0.6 is 0 Å². The van der Waals surface area contributed by atoms with E-state index in [9.17, 15) is 14.7 Å². The van der Waals surface area contributed by atoms with Crippen molar-refractivity contribution >= 4 is 29.0 Å². The van der Waals surface area contributed by atoms with Crippen molar-refractivity contribution in [3.63, 3.8) is 0 Å². The summed E-state index contributed by atoms with van der Waals surface area (Å²) in [6.07, 6.45) is 9.33. The Morgan fingerprint density at radius 3 is 2.55 bits per heavy atom. The monoisotopic (exact) mass is 453 g/mol. The highest BCUT2D eigenvalue weighted by Crippen LogP contribution is 2.39. The summed E-state index contributed by atoms with van der Waals surface area (Å²) < 4.78 is 0. The predicted molar refractivity (Wildman–Crippen MR) is 121 cm³/mol. The Hall–Kier alpha value is -3.93.